The summed E-state index contributed by atoms with van der Waals surface area (Å²) >= 11 is 0. The van der Waals surface area contributed by atoms with Gasteiger partial charge in [0.15, 0.2) is 0 Å². The van der Waals surface area contributed by atoms with Gasteiger partial charge in [-0.15, -0.1) is 0 Å². The Hall–Kier alpha value is -2.30. The van der Waals surface area contributed by atoms with Crippen LogP contribution in [0.25, 0.3) is 0 Å². The molecule has 0 aliphatic heterocycles. The Balaban J connectivity index is 1.83. The van der Waals surface area contributed by atoms with Crippen molar-refractivity contribution in [2.75, 3.05) is 12.3 Å². The number of hydrogen-bond donors (Lipinski definition) is 1. The van der Waals surface area contributed by atoms with Crippen molar-refractivity contribution in [1.82, 2.24) is 9.55 Å². The number of rotatable bonds is 5. The van der Waals surface area contributed by atoms with Gasteiger partial charge >= 0.3 is 5.97 Å². The molecule has 0 amide bonds. The molecule has 1 heterocycles. The summed E-state index contributed by atoms with van der Waals surface area (Å²) in [5, 5.41) is 0. The minimum Gasteiger partial charge on any atom is -0.462 e. The first-order valence-electron chi connectivity index (χ1n) is 6.16. The second-order valence-corrected chi connectivity index (χ2v) is 4.33. The Labute approximate surface area is 112 Å². The van der Waals surface area contributed by atoms with Gasteiger partial charge in [-0.3, -0.25) is 0 Å². The molecule has 0 fully saturated rings. The molecule has 0 saturated carbocycles. The first kappa shape index (κ1) is 13.1. The molecule has 1 aromatic carbocycles. The van der Waals surface area contributed by atoms with Crippen LogP contribution < -0.4 is 5.73 Å². The summed E-state index contributed by atoms with van der Waals surface area (Å²) < 4.78 is 7.15. The number of ether oxygens (including phenoxy) is 1. The molecule has 5 heteroatoms. The van der Waals surface area contributed by atoms with Crippen LogP contribution in [0.1, 0.15) is 22.3 Å². The lowest BCUT2D eigenvalue weighted by molar-refractivity contribution is 0.0497. The van der Waals surface area contributed by atoms with Gasteiger partial charge in [-0.1, -0.05) is 12.1 Å². The van der Waals surface area contributed by atoms with Crippen LogP contribution in [0.5, 0.6) is 0 Å². The summed E-state index contributed by atoms with van der Waals surface area (Å²) in [6, 6.07) is 5.35. The van der Waals surface area contributed by atoms with Crippen LogP contribution in [-0.4, -0.2) is 22.1 Å². The fourth-order valence-electron chi connectivity index (χ4n) is 1.77. The topological polar surface area (TPSA) is 70.1 Å². The summed E-state index contributed by atoms with van der Waals surface area (Å²) in [5.41, 5.74) is 7.66. The number of carbonyl (C=O) groups is 1. The van der Waals surface area contributed by atoms with Crippen LogP contribution in [0, 0.1) is 6.92 Å². The highest BCUT2D eigenvalue weighted by Gasteiger charge is 2.11. The van der Waals surface area contributed by atoms with Crippen molar-refractivity contribution in [2.24, 2.45) is 0 Å². The summed E-state index contributed by atoms with van der Waals surface area (Å²) in [6.45, 7) is 3.01. The number of nitrogens with zero attached hydrogens (tertiary/aromatic N) is 2. The molecule has 2 N–H and O–H groups in total. The van der Waals surface area contributed by atoms with Gasteiger partial charge in [0, 0.05) is 24.6 Å². The summed E-state index contributed by atoms with van der Waals surface area (Å²) in [4.78, 5) is 15.8. The molecular weight excluding hydrogens is 242 g/mol. The van der Waals surface area contributed by atoms with Crippen LogP contribution in [0.2, 0.25) is 0 Å². The van der Waals surface area contributed by atoms with Crippen LogP contribution in [-0.2, 0) is 11.3 Å². The maximum Gasteiger partial charge on any atom is 0.340 e. The number of imidazole rings is 1. The predicted molar refractivity (Wildman–Crippen MR) is 72.7 cm³/mol. The Morgan fingerprint density at radius 2 is 2.32 bits per heavy atom. The highest BCUT2D eigenvalue weighted by molar-refractivity contribution is 5.95. The summed E-state index contributed by atoms with van der Waals surface area (Å²) in [7, 11) is 0. The largest absolute Gasteiger partial charge is 0.462 e. The van der Waals surface area contributed by atoms with Gasteiger partial charge in [0.1, 0.15) is 0 Å². The van der Waals surface area contributed by atoms with E-state index >= 15 is 0 Å². The number of aryl methyl sites for hydroxylation is 2. The maximum absolute atomic E-state index is 11.9. The Bertz CT molecular complexity index is 550. The van der Waals surface area contributed by atoms with E-state index in [4.69, 9.17) is 10.5 Å². The number of para-hydroxylation sites is 1. The zero-order valence-corrected chi connectivity index (χ0v) is 10.9. The molecule has 2 rings (SSSR count). The van der Waals surface area contributed by atoms with E-state index in [-0.39, 0.29) is 5.97 Å². The number of aromatic nitrogens is 2. The van der Waals surface area contributed by atoms with Crippen molar-refractivity contribution in [3.63, 3.8) is 0 Å². The Morgan fingerprint density at radius 3 is 3.05 bits per heavy atom. The third-order valence-electron chi connectivity index (χ3n) is 2.90. The fourth-order valence-corrected chi connectivity index (χ4v) is 1.77. The lowest BCUT2D eigenvalue weighted by Crippen LogP contribution is -2.11. The number of anilines is 1. The van der Waals surface area contributed by atoms with Crippen molar-refractivity contribution in [1.29, 1.82) is 0 Å². The van der Waals surface area contributed by atoms with Crippen molar-refractivity contribution >= 4 is 11.7 Å². The van der Waals surface area contributed by atoms with Crippen molar-refractivity contribution < 1.29 is 9.53 Å². The molecule has 2 aromatic rings. The second kappa shape index (κ2) is 6.04. The second-order valence-electron chi connectivity index (χ2n) is 4.33. The number of hydrogen-bond acceptors (Lipinski definition) is 4. The zero-order valence-electron chi connectivity index (χ0n) is 10.9. The number of esters is 1. The number of nitrogens with two attached hydrogens (primary N) is 1. The minimum atomic E-state index is -0.369. The van der Waals surface area contributed by atoms with E-state index in [2.05, 4.69) is 4.98 Å². The molecule has 0 aliphatic carbocycles. The fraction of sp³-hybridized carbons (Fsp3) is 0.286. The molecule has 0 saturated heterocycles. The lowest BCUT2D eigenvalue weighted by atomic mass is 10.1. The third kappa shape index (κ3) is 3.34. The van der Waals surface area contributed by atoms with Crippen molar-refractivity contribution in [3.8, 4) is 0 Å². The number of benzene rings is 1. The van der Waals surface area contributed by atoms with Crippen LogP contribution >= 0.6 is 0 Å². The van der Waals surface area contributed by atoms with Gasteiger partial charge in [0.05, 0.1) is 18.5 Å². The van der Waals surface area contributed by atoms with Crippen molar-refractivity contribution in [2.45, 2.75) is 19.9 Å². The molecule has 100 valence electrons. The highest BCUT2D eigenvalue weighted by Crippen LogP contribution is 2.17. The molecule has 19 heavy (non-hydrogen) atoms. The monoisotopic (exact) mass is 259 g/mol. The molecule has 0 radical (unpaired) electrons. The number of nitrogen functional groups attached to an aromatic ring is 1. The molecule has 5 nitrogen and oxygen atoms in total. The zero-order chi connectivity index (χ0) is 13.7. The maximum atomic E-state index is 11.9. The highest BCUT2D eigenvalue weighted by atomic mass is 16.5. The molecule has 0 bridgehead atoms. The predicted octanol–water partition coefficient (Wildman–Crippen LogP) is 2.02. The Kier molecular flexibility index (Phi) is 4.18. The van der Waals surface area contributed by atoms with E-state index in [9.17, 15) is 4.79 Å². The van der Waals surface area contributed by atoms with E-state index in [0.29, 0.717) is 17.9 Å². The summed E-state index contributed by atoms with van der Waals surface area (Å²) in [5.74, 6) is -0.369. The van der Waals surface area contributed by atoms with E-state index in [1.807, 2.05) is 23.8 Å². The van der Waals surface area contributed by atoms with Crippen molar-refractivity contribution in [3.05, 3.63) is 48.0 Å². The Morgan fingerprint density at radius 1 is 1.47 bits per heavy atom. The molecule has 0 atom stereocenters. The first-order chi connectivity index (χ1) is 9.18. The van der Waals surface area contributed by atoms with Gasteiger partial charge in [0.2, 0.25) is 0 Å². The van der Waals surface area contributed by atoms with Gasteiger partial charge < -0.3 is 15.0 Å². The first-order valence-corrected chi connectivity index (χ1v) is 6.16. The van der Waals surface area contributed by atoms with Gasteiger partial charge in [-0.05, 0) is 25.0 Å². The molecular formula is C14H17N3O2. The SMILES string of the molecule is Cc1cccc(C(=O)OCCCn2ccnc2)c1N. The van der Waals surface area contributed by atoms with Crippen LogP contribution in [0.4, 0.5) is 5.69 Å². The third-order valence-corrected chi connectivity index (χ3v) is 2.90. The minimum absolute atomic E-state index is 0.365. The van der Waals surface area contributed by atoms with Crippen LogP contribution in [0.3, 0.4) is 0 Å². The standard InChI is InChI=1S/C14H17N3O2/c1-11-4-2-5-12(13(11)15)14(18)19-9-3-7-17-8-6-16-10-17/h2,4-6,8,10H,3,7,9,15H2,1H3. The summed E-state index contributed by atoms with van der Waals surface area (Å²) in [6.07, 6.45) is 6.08. The van der Waals surface area contributed by atoms with Gasteiger partial charge in [-0.2, -0.15) is 0 Å². The van der Waals surface area contributed by atoms with E-state index in [1.165, 1.54) is 0 Å². The number of carbonyl (C=O) groups excluding carboxylic acids is 1. The molecule has 0 spiro atoms. The van der Waals surface area contributed by atoms with Crippen LogP contribution in [0.15, 0.2) is 36.9 Å². The average molecular weight is 259 g/mol. The van der Waals surface area contributed by atoms with Gasteiger partial charge in [-0.25, -0.2) is 9.78 Å². The molecule has 0 aliphatic rings. The van der Waals surface area contributed by atoms with E-state index in [1.54, 1.807) is 24.7 Å². The quantitative estimate of drug-likeness (QED) is 0.506. The van der Waals surface area contributed by atoms with E-state index in [0.717, 1.165) is 18.5 Å². The molecule has 1 aromatic heterocycles. The van der Waals surface area contributed by atoms with Gasteiger partial charge in [0.25, 0.3) is 0 Å². The normalized spacial score (nSPS) is 10.4. The molecule has 0 unspecified atom stereocenters. The lowest BCUT2D eigenvalue weighted by Gasteiger charge is -2.08. The van der Waals surface area contributed by atoms with E-state index < -0.39 is 0 Å². The average Bonchev–Trinajstić information content (AvgIpc) is 2.91. The smallest absolute Gasteiger partial charge is 0.340 e.